The summed E-state index contributed by atoms with van der Waals surface area (Å²) in [6.07, 6.45) is -0.428. The van der Waals surface area contributed by atoms with Crippen molar-refractivity contribution in [2.75, 3.05) is 42.3 Å². The fraction of sp³-hybridized carbons (Fsp3) is 0.467. The zero-order valence-corrected chi connectivity index (χ0v) is 29.0. The molecule has 19 heteroatoms. The first-order valence-corrected chi connectivity index (χ1v) is 15.3. The molecule has 1 aliphatic rings. The van der Waals surface area contributed by atoms with Crippen LogP contribution in [0.5, 0.6) is 0 Å². The number of amides is 1. The molecule has 1 aliphatic heterocycles. The number of esters is 2. The average Bonchev–Trinajstić information content (AvgIpc) is 3.45. The SMILES string of the molecule is CCNc1nc(Nc2cc(C#N)cc(N3CC[C@@H](NC(=O)OC)[C@H](OC(=O)CC(N)C(=O)OC(C)(C)C)C3)c2Cl)nn2c(C#N)cnc12.Cl. The van der Waals surface area contributed by atoms with Crippen LogP contribution >= 0.6 is 24.0 Å². The second-order valence-corrected chi connectivity index (χ2v) is 12.1. The number of benzene rings is 1. The molecule has 4 rings (SSSR count). The second-order valence-electron chi connectivity index (χ2n) is 11.7. The van der Waals surface area contributed by atoms with Crippen molar-refractivity contribution in [2.24, 2.45) is 5.73 Å². The quantitative estimate of drug-likeness (QED) is 0.174. The summed E-state index contributed by atoms with van der Waals surface area (Å²) in [6, 6.07) is 5.33. The summed E-state index contributed by atoms with van der Waals surface area (Å²) >= 11 is 6.91. The van der Waals surface area contributed by atoms with Gasteiger partial charge in [-0.25, -0.2) is 9.78 Å². The van der Waals surface area contributed by atoms with Gasteiger partial charge in [-0.15, -0.1) is 17.5 Å². The van der Waals surface area contributed by atoms with E-state index in [-0.39, 0.29) is 46.9 Å². The minimum absolute atomic E-state index is 0. The van der Waals surface area contributed by atoms with Gasteiger partial charge in [0.1, 0.15) is 23.8 Å². The predicted octanol–water partition coefficient (Wildman–Crippen LogP) is 3.02. The second kappa shape index (κ2) is 16.3. The molecular weight excluding hydrogens is 681 g/mol. The van der Waals surface area contributed by atoms with Crippen LogP contribution in [0.1, 0.15) is 51.8 Å². The van der Waals surface area contributed by atoms with E-state index in [1.807, 2.05) is 13.0 Å². The number of carbonyl (C=O) groups excluding carboxylic acids is 3. The smallest absolute Gasteiger partial charge is 0.407 e. The third-order valence-electron chi connectivity index (χ3n) is 7.02. The first-order valence-electron chi connectivity index (χ1n) is 14.9. The van der Waals surface area contributed by atoms with Gasteiger partial charge in [-0.05, 0) is 46.2 Å². The third kappa shape index (κ3) is 9.50. The number of carbonyl (C=O) groups is 3. The number of imidazole rings is 1. The highest BCUT2D eigenvalue weighted by atomic mass is 35.5. The molecule has 0 radical (unpaired) electrons. The average molecular weight is 719 g/mol. The van der Waals surface area contributed by atoms with Crippen LogP contribution in [0.2, 0.25) is 5.02 Å². The van der Waals surface area contributed by atoms with E-state index in [4.69, 9.17) is 31.5 Å². The summed E-state index contributed by atoms with van der Waals surface area (Å²) < 4.78 is 17.1. The number of nitriles is 2. The van der Waals surface area contributed by atoms with Crippen LogP contribution in [0.3, 0.4) is 0 Å². The van der Waals surface area contributed by atoms with Crippen molar-refractivity contribution in [3.8, 4) is 12.1 Å². The molecule has 3 heterocycles. The number of nitrogens with two attached hydrogens (primary N) is 1. The normalized spacial score (nSPS) is 16.3. The fourth-order valence-corrected chi connectivity index (χ4v) is 5.18. The van der Waals surface area contributed by atoms with Gasteiger partial charge in [0.2, 0.25) is 5.95 Å². The minimum atomic E-state index is -1.26. The Morgan fingerprint density at radius 3 is 2.59 bits per heavy atom. The van der Waals surface area contributed by atoms with E-state index in [0.717, 1.165) is 0 Å². The highest BCUT2D eigenvalue weighted by Gasteiger charge is 2.36. The van der Waals surface area contributed by atoms with Crippen molar-refractivity contribution in [3.05, 3.63) is 34.6 Å². The lowest BCUT2D eigenvalue weighted by atomic mass is 10.00. The van der Waals surface area contributed by atoms with Gasteiger partial charge in [-0.1, -0.05) is 11.6 Å². The molecule has 2 aromatic heterocycles. The van der Waals surface area contributed by atoms with Crippen molar-refractivity contribution in [2.45, 2.75) is 64.3 Å². The highest BCUT2D eigenvalue weighted by molar-refractivity contribution is 6.36. The molecule has 1 fully saturated rings. The molecule has 0 bridgehead atoms. The van der Waals surface area contributed by atoms with Gasteiger partial charge < -0.3 is 40.8 Å². The fourth-order valence-electron chi connectivity index (χ4n) is 4.90. The van der Waals surface area contributed by atoms with Crippen molar-refractivity contribution in [1.82, 2.24) is 24.9 Å². The van der Waals surface area contributed by atoms with Crippen LogP contribution in [0.15, 0.2) is 18.3 Å². The summed E-state index contributed by atoms with van der Waals surface area (Å²) in [5.74, 6) is -1.09. The number of nitrogens with zero attached hydrogens (tertiary/aromatic N) is 7. The van der Waals surface area contributed by atoms with Gasteiger partial charge in [-0.2, -0.15) is 20.0 Å². The van der Waals surface area contributed by atoms with Crippen LogP contribution in [0.25, 0.3) is 5.65 Å². The molecule has 49 heavy (non-hydrogen) atoms. The lowest BCUT2D eigenvalue weighted by Gasteiger charge is -2.39. The summed E-state index contributed by atoms with van der Waals surface area (Å²) in [5, 5.41) is 32.8. The molecular formula is C30H37Cl2N11O6. The molecule has 0 saturated carbocycles. The monoisotopic (exact) mass is 717 g/mol. The van der Waals surface area contributed by atoms with Crippen LogP contribution in [-0.2, 0) is 23.8 Å². The number of rotatable bonds is 10. The number of fused-ring (bicyclic) bond motifs is 1. The Hall–Kier alpha value is -5.10. The van der Waals surface area contributed by atoms with Gasteiger partial charge in [0, 0.05) is 13.1 Å². The predicted molar refractivity (Wildman–Crippen MR) is 181 cm³/mol. The minimum Gasteiger partial charge on any atom is -0.459 e. The number of hydrogen-bond acceptors (Lipinski definition) is 15. The molecule has 3 aromatic rings. The van der Waals surface area contributed by atoms with E-state index in [9.17, 15) is 24.9 Å². The summed E-state index contributed by atoms with van der Waals surface area (Å²) in [6.45, 7) is 7.82. The van der Waals surface area contributed by atoms with E-state index in [2.05, 4.69) is 37.1 Å². The molecule has 262 valence electrons. The van der Waals surface area contributed by atoms with Gasteiger partial charge >= 0.3 is 18.0 Å². The first-order chi connectivity index (χ1) is 22.8. The van der Waals surface area contributed by atoms with E-state index in [1.165, 1.54) is 23.9 Å². The number of ether oxygens (including phenoxy) is 3. The largest absolute Gasteiger partial charge is 0.459 e. The molecule has 17 nitrogen and oxygen atoms in total. The highest BCUT2D eigenvalue weighted by Crippen LogP contribution is 2.37. The zero-order chi connectivity index (χ0) is 35.2. The number of aromatic nitrogens is 4. The Labute approximate surface area is 293 Å². The summed E-state index contributed by atoms with van der Waals surface area (Å²) in [7, 11) is 1.21. The number of piperidine rings is 1. The van der Waals surface area contributed by atoms with E-state index >= 15 is 0 Å². The standard InChI is InChI=1S/C30H36ClN11O6.ClH/c1-6-35-25-26-36-14-17(13-33)42(26)40-28(39-25)37-20-9-16(12-32)10-21(24(20)31)41-8-7-19(38-29(45)46-5)22(15-41)47-23(43)11-18(34)27(44)48-30(2,3)4;/h9-10,14,18-19,22H,6-8,11,15,34H2,1-5H3,(H,38,45)(H2,35,37,39,40);1H/t18?,19-,22-;/m1./s1. The van der Waals surface area contributed by atoms with Gasteiger partial charge in [-0.3, -0.25) is 9.59 Å². The number of hydrogen-bond donors (Lipinski definition) is 4. The molecule has 0 spiro atoms. The number of anilines is 4. The Morgan fingerprint density at radius 2 is 1.96 bits per heavy atom. The Bertz CT molecular complexity index is 1780. The Balaban J connectivity index is 0.00000650. The molecule has 5 N–H and O–H groups in total. The van der Waals surface area contributed by atoms with Crippen molar-refractivity contribution >= 4 is 70.8 Å². The van der Waals surface area contributed by atoms with Crippen molar-refractivity contribution < 1.29 is 28.6 Å². The van der Waals surface area contributed by atoms with Crippen LogP contribution in [0, 0.1) is 22.7 Å². The number of methoxy groups -OCH3 is 1. The van der Waals surface area contributed by atoms with E-state index < -0.39 is 48.2 Å². The van der Waals surface area contributed by atoms with E-state index in [0.29, 0.717) is 36.7 Å². The van der Waals surface area contributed by atoms with Gasteiger partial charge in [0.25, 0.3) is 0 Å². The van der Waals surface area contributed by atoms with Crippen LogP contribution in [0.4, 0.5) is 27.9 Å². The third-order valence-corrected chi connectivity index (χ3v) is 7.41. The number of nitrogens with one attached hydrogen (secondary N) is 3. The van der Waals surface area contributed by atoms with Crippen LogP contribution in [-0.4, -0.2) is 88.1 Å². The molecule has 3 atom stereocenters. The maximum Gasteiger partial charge on any atom is 0.407 e. The lowest BCUT2D eigenvalue weighted by Crippen LogP contribution is -2.56. The maximum atomic E-state index is 13.0. The van der Waals surface area contributed by atoms with Crippen LogP contribution < -0.4 is 26.6 Å². The topological polar surface area (TPSA) is 235 Å². The maximum absolute atomic E-state index is 13.0. The van der Waals surface area contributed by atoms with E-state index in [1.54, 1.807) is 31.7 Å². The summed E-state index contributed by atoms with van der Waals surface area (Å²) in [4.78, 5) is 47.9. The van der Waals surface area contributed by atoms with Gasteiger partial charge in [0.05, 0.1) is 60.3 Å². The first kappa shape index (κ1) is 38.3. The molecule has 1 aromatic carbocycles. The van der Waals surface area contributed by atoms with Crippen molar-refractivity contribution in [1.29, 1.82) is 10.5 Å². The zero-order valence-electron chi connectivity index (χ0n) is 27.4. The molecule has 1 unspecified atom stereocenters. The molecule has 0 aliphatic carbocycles. The Kier molecular flexibility index (Phi) is 12.8. The number of alkyl carbamates (subject to hydrolysis) is 1. The molecule has 1 amide bonds. The Morgan fingerprint density at radius 1 is 1.22 bits per heavy atom. The molecule has 1 saturated heterocycles. The summed E-state index contributed by atoms with van der Waals surface area (Å²) in [5.41, 5.74) is 6.62. The number of halogens is 2. The van der Waals surface area contributed by atoms with Crippen molar-refractivity contribution in [3.63, 3.8) is 0 Å². The van der Waals surface area contributed by atoms with Gasteiger partial charge in [0.15, 0.2) is 17.2 Å². The lowest BCUT2D eigenvalue weighted by molar-refractivity contribution is -0.161.